The molecule has 0 aliphatic rings. The molecule has 0 saturated carbocycles. The molecule has 1 aromatic rings. The zero-order valence-electron chi connectivity index (χ0n) is 4.56. The van der Waals surface area contributed by atoms with Crippen LogP contribution in [0.25, 0.3) is 0 Å². The van der Waals surface area contributed by atoms with Gasteiger partial charge in [0.15, 0.2) is 0 Å². The molecule has 0 N–H and O–H groups in total. The molecule has 0 spiro atoms. The predicted molar refractivity (Wildman–Crippen MR) is 43.5 cm³/mol. The molecule has 7 heavy (non-hydrogen) atoms. The molecular formula is C4H8SSi2. The minimum Gasteiger partial charge on any atom is -0.155 e. The SMILES string of the molecule is [SiH3]c1ccsc1[SiH3]. The zero-order chi connectivity index (χ0) is 5.28. The Hall–Kier alpha value is 0.134. The average molecular weight is 144 g/mol. The lowest BCUT2D eigenvalue weighted by atomic mass is 10.7. The zero-order valence-corrected chi connectivity index (χ0v) is 9.38. The van der Waals surface area contributed by atoms with Gasteiger partial charge in [0.2, 0.25) is 0 Å². The molecule has 0 fully saturated rings. The highest BCUT2D eigenvalue weighted by atomic mass is 32.1. The van der Waals surface area contributed by atoms with Crippen LogP contribution in [0.3, 0.4) is 0 Å². The fraction of sp³-hybridized carbons (Fsp3) is 0. The Labute approximate surface area is 53.4 Å². The van der Waals surface area contributed by atoms with Gasteiger partial charge >= 0.3 is 0 Å². The third-order valence-corrected chi connectivity index (χ3v) is 6.01. The van der Waals surface area contributed by atoms with Gasteiger partial charge in [0, 0.05) is 10.2 Å². The summed E-state index contributed by atoms with van der Waals surface area (Å²) in [6, 6.07) is 2.24. The maximum absolute atomic E-state index is 2.24. The van der Waals surface area contributed by atoms with Crippen molar-refractivity contribution in [3.63, 3.8) is 0 Å². The van der Waals surface area contributed by atoms with Crippen LogP contribution in [0.1, 0.15) is 0 Å². The van der Waals surface area contributed by atoms with Gasteiger partial charge in [-0.1, -0.05) is 11.3 Å². The first kappa shape index (κ1) is 5.27. The third kappa shape index (κ3) is 1.02. The quantitative estimate of drug-likeness (QED) is 0.360. The van der Waals surface area contributed by atoms with Gasteiger partial charge in [0.1, 0.15) is 0 Å². The Morgan fingerprint density at radius 2 is 2.14 bits per heavy atom. The van der Waals surface area contributed by atoms with E-state index in [1.54, 1.807) is 9.69 Å². The van der Waals surface area contributed by atoms with Gasteiger partial charge in [-0.05, 0) is 9.88 Å². The van der Waals surface area contributed by atoms with Crippen LogP contribution in [0.15, 0.2) is 11.4 Å². The van der Waals surface area contributed by atoms with Crippen molar-refractivity contribution < 1.29 is 0 Å². The summed E-state index contributed by atoms with van der Waals surface area (Å²) in [4.78, 5) is 0. The Morgan fingerprint density at radius 3 is 2.29 bits per heavy atom. The largest absolute Gasteiger partial charge is 0.155 e. The number of thiophene rings is 1. The lowest BCUT2D eigenvalue weighted by molar-refractivity contribution is 2.18. The van der Waals surface area contributed by atoms with E-state index in [1.807, 2.05) is 11.3 Å². The summed E-state index contributed by atoms with van der Waals surface area (Å²) in [6.45, 7) is 0. The summed E-state index contributed by atoms with van der Waals surface area (Å²) in [5.41, 5.74) is 0. The van der Waals surface area contributed by atoms with E-state index in [0.717, 1.165) is 0 Å². The van der Waals surface area contributed by atoms with Crippen LogP contribution < -0.4 is 9.69 Å². The van der Waals surface area contributed by atoms with Crippen LogP contribution in [-0.4, -0.2) is 20.5 Å². The Bertz CT molecular complexity index is 142. The molecule has 0 radical (unpaired) electrons. The maximum atomic E-state index is 2.24. The van der Waals surface area contributed by atoms with E-state index in [-0.39, 0.29) is 0 Å². The highest BCUT2D eigenvalue weighted by Crippen LogP contribution is 1.84. The fourth-order valence-corrected chi connectivity index (χ4v) is 2.52. The molecule has 3 heteroatoms. The van der Waals surface area contributed by atoms with Crippen LogP contribution in [-0.2, 0) is 0 Å². The number of hydrogen-bond donors (Lipinski definition) is 0. The van der Waals surface area contributed by atoms with E-state index in [0.29, 0.717) is 0 Å². The van der Waals surface area contributed by atoms with E-state index in [2.05, 4.69) is 11.4 Å². The van der Waals surface area contributed by atoms with E-state index >= 15 is 0 Å². The summed E-state index contributed by atoms with van der Waals surface area (Å²) in [7, 11) is 2.49. The second-order valence-electron chi connectivity index (χ2n) is 1.66. The first-order valence-corrected chi connectivity index (χ1v) is 5.19. The molecule has 0 aliphatic carbocycles. The maximum Gasteiger partial charge on any atom is 0.0511 e. The highest BCUT2D eigenvalue weighted by Gasteiger charge is 1.86. The molecule has 0 saturated heterocycles. The molecule has 0 aliphatic heterocycles. The molecule has 1 heterocycles. The predicted octanol–water partition coefficient (Wildman–Crippen LogP) is -2.27. The second kappa shape index (κ2) is 1.94. The minimum absolute atomic E-state index is 1.24. The van der Waals surface area contributed by atoms with E-state index in [1.165, 1.54) is 20.5 Å². The molecule has 38 valence electrons. The first-order valence-electron chi connectivity index (χ1n) is 2.31. The van der Waals surface area contributed by atoms with Crippen molar-refractivity contribution in [2.45, 2.75) is 0 Å². The lowest BCUT2D eigenvalue weighted by Crippen LogP contribution is -2.18. The van der Waals surface area contributed by atoms with Crippen molar-refractivity contribution in [1.29, 1.82) is 0 Å². The van der Waals surface area contributed by atoms with E-state index in [4.69, 9.17) is 0 Å². The van der Waals surface area contributed by atoms with E-state index in [9.17, 15) is 0 Å². The summed E-state index contributed by atoms with van der Waals surface area (Å²) in [5, 5.41) is 3.79. The molecule has 0 nitrogen and oxygen atoms in total. The topological polar surface area (TPSA) is 0 Å². The Kier molecular flexibility index (Phi) is 1.46. The lowest BCUT2D eigenvalue weighted by Gasteiger charge is -1.80. The second-order valence-corrected chi connectivity index (χ2v) is 5.58. The normalized spacial score (nSPS) is 10.3. The smallest absolute Gasteiger partial charge is 0.0511 e. The van der Waals surface area contributed by atoms with Gasteiger partial charge in [-0.3, -0.25) is 0 Å². The van der Waals surface area contributed by atoms with Gasteiger partial charge in [0.05, 0.1) is 10.2 Å². The van der Waals surface area contributed by atoms with Crippen molar-refractivity contribution in [2.75, 3.05) is 0 Å². The van der Waals surface area contributed by atoms with E-state index < -0.39 is 0 Å². The minimum atomic E-state index is 1.24. The highest BCUT2D eigenvalue weighted by molar-refractivity contribution is 7.19. The number of hydrogen-bond acceptors (Lipinski definition) is 1. The molecule has 1 rings (SSSR count). The molecular weight excluding hydrogens is 136 g/mol. The van der Waals surface area contributed by atoms with Gasteiger partial charge in [0.25, 0.3) is 0 Å². The summed E-state index contributed by atoms with van der Waals surface area (Å²) in [6.07, 6.45) is 0. The summed E-state index contributed by atoms with van der Waals surface area (Å²) < 4.78 is 1.63. The Morgan fingerprint density at radius 1 is 1.43 bits per heavy atom. The van der Waals surface area contributed by atoms with Crippen molar-refractivity contribution in [2.24, 2.45) is 0 Å². The standard InChI is InChI=1S/C4H8SSi2/c6-3-1-2-5-4(3)7/h1-2H,6-7H3. The third-order valence-electron chi connectivity index (χ3n) is 1.12. The summed E-state index contributed by atoms with van der Waals surface area (Å²) in [5.74, 6) is 0. The van der Waals surface area contributed by atoms with Gasteiger partial charge in [-0.25, -0.2) is 0 Å². The van der Waals surface area contributed by atoms with Gasteiger partial charge in [-0.15, -0.1) is 0 Å². The molecule has 0 amide bonds. The fourth-order valence-electron chi connectivity index (χ4n) is 0.448. The van der Waals surface area contributed by atoms with Gasteiger partial charge in [-0.2, -0.15) is 11.3 Å². The van der Waals surface area contributed by atoms with Crippen LogP contribution in [0, 0.1) is 0 Å². The van der Waals surface area contributed by atoms with Gasteiger partial charge < -0.3 is 0 Å². The summed E-state index contributed by atoms with van der Waals surface area (Å²) >= 11 is 1.90. The van der Waals surface area contributed by atoms with Crippen molar-refractivity contribution in [1.82, 2.24) is 0 Å². The Balaban J connectivity index is 3.12. The monoisotopic (exact) mass is 144 g/mol. The van der Waals surface area contributed by atoms with Crippen LogP contribution in [0.5, 0.6) is 0 Å². The van der Waals surface area contributed by atoms with Crippen LogP contribution in [0.2, 0.25) is 0 Å². The molecule has 1 aromatic heterocycles. The number of rotatable bonds is 0. The molecule has 0 unspecified atom stereocenters. The molecule has 0 bridgehead atoms. The first-order chi connectivity index (χ1) is 3.30. The average Bonchev–Trinajstić information content (AvgIpc) is 1.91. The van der Waals surface area contributed by atoms with Crippen molar-refractivity contribution in [3.05, 3.63) is 11.4 Å². The van der Waals surface area contributed by atoms with Crippen molar-refractivity contribution >= 4 is 41.5 Å². The van der Waals surface area contributed by atoms with Crippen LogP contribution in [0.4, 0.5) is 0 Å². The van der Waals surface area contributed by atoms with Crippen LogP contribution >= 0.6 is 11.3 Å². The van der Waals surface area contributed by atoms with Crippen molar-refractivity contribution in [3.8, 4) is 0 Å². The molecule has 0 aromatic carbocycles. The molecule has 0 atom stereocenters.